The van der Waals surface area contributed by atoms with Gasteiger partial charge in [-0.25, -0.2) is 0 Å². The molecule has 0 radical (unpaired) electrons. The molecule has 1 aliphatic carbocycles. The van der Waals surface area contributed by atoms with E-state index in [4.69, 9.17) is 4.74 Å². The van der Waals surface area contributed by atoms with Crippen molar-refractivity contribution in [3.05, 3.63) is 30.1 Å². The van der Waals surface area contributed by atoms with Crippen molar-refractivity contribution in [1.29, 1.82) is 0 Å². The Morgan fingerprint density at radius 1 is 1.11 bits per heavy atom. The van der Waals surface area contributed by atoms with Crippen LogP contribution in [0.1, 0.15) is 43.0 Å². The van der Waals surface area contributed by atoms with Gasteiger partial charge in [-0.2, -0.15) is 0 Å². The van der Waals surface area contributed by atoms with E-state index < -0.39 is 36.6 Å². The second kappa shape index (κ2) is 8.95. The smallest absolute Gasteiger partial charge is 0.253 e. The van der Waals surface area contributed by atoms with Gasteiger partial charge in [0, 0.05) is 18.4 Å². The standard InChI is InChI=1S/C19H27N3O6/c1-10-14(23)15(24)16(25)19(28-10)22-18(27)12-6-2-3-7-13(12)21-17(26)11-5-4-8-20-9-11/h4-5,8-10,12-16,19,23-25H,2-3,6-7H2,1H3,(H,21,26)(H,22,27)/t10-,12-,13+,14+,15+,16-,19+/m0/s1. The predicted octanol–water partition coefficient (Wildman–Crippen LogP) is -0.686. The van der Waals surface area contributed by atoms with Crippen LogP contribution < -0.4 is 10.6 Å². The van der Waals surface area contributed by atoms with Crippen molar-refractivity contribution in [2.24, 2.45) is 5.92 Å². The molecule has 0 unspecified atom stereocenters. The predicted molar refractivity (Wildman–Crippen MR) is 97.9 cm³/mol. The molecule has 1 saturated heterocycles. The molecule has 3 rings (SSSR count). The van der Waals surface area contributed by atoms with Crippen LogP contribution in [0.3, 0.4) is 0 Å². The molecule has 9 nitrogen and oxygen atoms in total. The molecule has 2 fully saturated rings. The Labute approximate surface area is 163 Å². The quantitative estimate of drug-likeness (QED) is 0.456. The van der Waals surface area contributed by atoms with Gasteiger partial charge in [0.05, 0.1) is 17.6 Å². The first-order valence-electron chi connectivity index (χ1n) is 9.59. The third kappa shape index (κ3) is 4.49. The first kappa shape index (κ1) is 20.7. The Morgan fingerprint density at radius 2 is 1.86 bits per heavy atom. The highest BCUT2D eigenvalue weighted by atomic mass is 16.5. The highest BCUT2D eigenvalue weighted by molar-refractivity contribution is 5.94. The fraction of sp³-hybridized carbons (Fsp3) is 0.632. The number of hydrogen-bond donors (Lipinski definition) is 5. The van der Waals surface area contributed by atoms with Gasteiger partial charge in [-0.3, -0.25) is 14.6 Å². The molecule has 1 saturated carbocycles. The number of pyridine rings is 1. The average Bonchev–Trinajstić information content (AvgIpc) is 2.71. The summed E-state index contributed by atoms with van der Waals surface area (Å²) in [6.07, 6.45) is 0.0866. The summed E-state index contributed by atoms with van der Waals surface area (Å²) in [7, 11) is 0. The summed E-state index contributed by atoms with van der Waals surface area (Å²) in [5, 5.41) is 35.3. The van der Waals surface area contributed by atoms with Gasteiger partial charge in [0.2, 0.25) is 5.91 Å². The molecule has 0 bridgehead atoms. The Kier molecular flexibility index (Phi) is 6.61. The summed E-state index contributed by atoms with van der Waals surface area (Å²) in [4.78, 5) is 29.2. The van der Waals surface area contributed by atoms with Gasteiger partial charge < -0.3 is 30.7 Å². The number of rotatable bonds is 4. The lowest BCUT2D eigenvalue weighted by atomic mass is 9.83. The van der Waals surface area contributed by atoms with Gasteiger partial charge in [0.25, 0.3) is 5.91 Å². The number of ether oxygens (including phenoxy) is 1. The minimum absolute atomic E-state index is 0.293. The number of aliphatic hydroxyl groups excluding tert-OH is 3. The number of nitrogens with one attached hydrogen (secondary N) is 2. The molecule has 1 aromatic rings. The molecule has 2 heterocycles. The van der Waals surface area contributed by atoms with Crippen LogP contribution in [-0.4, -0.2) is 68.8 Å². The Morgan fingerprint density at radius 3 is 2.57 bits per heavy atom. The third-order valence-electron chi connectivity index (χ3n) is 5.48. The van der Waals surface area contributed by atoms with Crippen molar-refractivity contribution >= 4 is 11.8 Å². The fourth-order valence-corrected chi connectivity index (χ4v) is 3.78. The zero-order valence-corrected chi connectivity index (χ0v) is 15.7. The maximum Gasteiger partial charge on any atom is 0.253 e. The minimum Gasteiger partial charge on any atom is -0.388 e. The fourth-order valence-electron chi connectivity index (χ4n) is 3.78. The van der Waals surface area contributed by atoms with Crippen molar-refractivity contribution in [3.8, 4) is 0 Å². The molecule has 9 heteroatoms. The van der Waals surface area contributed by atoms with E-state index in [9.17, 15) is 24.9 Å². The van der Waals surface area contributed by atoms with Crippen LogP contribution in [0.4, 0.5) is 0 Å². The monoisotopic (exact) mass is 393 g/mol. The van der Waals surface area contributed by atoms with Crippen LogP contribution in [0, 0.1) is 5.92 Å². The van der Waals surface area contributed by atoms with E-state index in [2.05, 4.69) is 15.6 Å². The minimum atomic E-state index is -1.44. The molecule has 2 aliphatic rings. The molecule has 1 aromatic heterocycles. The molecule has 5 N–H and O–H groups in total. The number of nitrogens with zero attached hydrogens (tertiary/aromatic N) is 1. The molecular formula is C19H27N3O6. The van der Waals surface area contributed by atoms with E-state index >= 15 is 0 Å². The van der Waals surface area contributed by atoms with Crippen LogP contribution in [0.2, 0.25) is 0 Å². The molecular weight excluding hydrogens is 366 g/mol. The van der Waals surface area contributed by atoms with Gasteiger partial charge >= 0.3 is 0 Å². The highest BCUT2D eigenvalue weighted by Crippen LogP contribution is 2.26. The van der Waals surface area contributed by atoms with Crippen molar-refractivity contribution < 1.29 is 29.6 Å². The first-order chi connectivity index (χ1) is 13.4. The van der Waals surface area contributed by atoms with E-state index in [0.29, 0.717) is 18.4 Å². The second-order valence-electron chi connectivity index (χ2n) is 7.45. The number of amides is 2. The summed E-state index contributed by atoms with van der Waals surface area (Å²) < 4.78 is 5.44. The van der Waals surface area contributed by atoms with Gasteiger partial charge in [-0.1, -0.05) is 12.8 Å². The second-order valence-corrected chi connectivity index (χ2v) is 7.45. The van der Waals surface area contributed by atoms with E-state index in [1.165, 1.54) is 6.20 Å². The molecule has 7 atom stereocenters. The Bertz CT molecular complexity index is 688. The maximum absolute atomic E-state index is 12.8. The van der Waals surface area contributed by atoms with Gasteiger partial charge in [0.15, 0.2) is 6.23 Å². The normalized spacial score (nSPS) is 35.8. The lowest BCUT2D eigenvalue weighted by Gasteiger charge is -2.40. The molecule has 154 valence electrons. The van der Waals surface area contributed by atoms with Gasteiger partial charge in [0.1, 0.15) is 18.3 Å². The Hall–Kier alpha value is -2.07. The summed E-state index contributed by atoms with van der Waals surface area (Å²) in [6.45, 7) is 1.55. The van der Waals surface area contributed by atoms with Crippen molar-refractivity contribution in [1.82, 2.24) is 15.6 Å². The molecule has 0 aromatic carbocycles. The van der Waals surface area contributed by atoms with Crippen LogP contribution in [-0.2, 0) is 9.53 Å². The molecule has 28 heavy (non-hydrogen) atoms. The van der Waals surface area contributed by atoms with E-state index in [-0.39, 0.29) is 17.9 Å². The summed E-state index contributed by atoms with van der Waals surface area (Å²) >= 11 is 0. The highest BCUT2D eigenvalue weighted by Gasteiger charge is 2.43. The van der Waals surface area contributed by atoms with E-state index in [0.717, 1.165) is 12.8 Å². The summed E-state index contributed by atoms with van der Waals surface area (Å²) in [5.41, 5.74) is 0.421. The van der Waals surface area contributed by atoms with Gasteiger partial charge in [-0.05, 0) is 31.9 Å². The van der Waals surface area contributed by atoms with Crippen molar-refractivity contribution in [2.45, 2.75) is 69.3 Å². The zero-order valence-electron chi connectivity index (χ0n) is 15.7. The van der Waals surface area contributed by atoms with E-state index in [1.54, 1.807) is 25.3 Å². The zero-order chi connectivity index (χ0) is 20.3. The van der Waals surface area contributed by atoms with Crippen molar-refractivity contribution in [2.75, 3.05) is 0 Å². The number of carbonyl (C=O) groups is 2. The van der Waals surface area contributed by atoms with Crippen molar-refractivity contribution in [3.63, 3.8) is 0 Å². The first-order valence-corrected chi connectivity index (χ1v) is 9.59. The number of hydrogen-bond acceptors (Lipinski definition) is 7. The van der Waals surface area contributed by atoms with Crippen LogP contribution in [0.5, 0.6) is 0 Å². The number of carbonyl (C=O) groups excluding carboxylic acids is 2. The lowest BCUT2D eigenvalue weighted by molar-refractivity contribution is -0.225. The average molecular weight is 393 g/mol. The number of aromatic nitrogens is 1. The lowest BCUT2D eigenvalue weighted by Crippen LogP contribution is -2.63. The van der Waals surface area contributed by atoms with Gasteiger partial charge in [-0.15, -0.1) is 0 Å². The largest absolute Gasteiger partial charge is 0.388 e. The van der Waals surface area contributed by atoms with Crippen LogP contribution >= 0.6 is 0 Å². The molecule has 2 amide bonds. The topological polar surface area (TPSA) is 141 Å². The number of aliphatic hydroxyl groups is 3. The SMILES string of the molecule is C[C@@H]1O[C@@H](NC(=O)[C@H]2CCCC[C@H]2NC(=O)c2cccnc2)[C@@H](O)[C@H](O)[C@@H]1O. The third-order valence-corrected chi connectivity index (χ3v) is 5.48. The summed E-state index contributed by atoms with van der Waals surface area (Å²) in [6, 6.07) is 2.97. The Balaban J connectivity index is 1.64. The molecule has 1 aliphatic heterocycles. The van der Waals surface area contributed by atoms with E-state index in [1.807, 2.05) is 0 Å². The molecule has 0 spiro atoms. The van der Waals surface area contributed by atoms with Crippen LogP contribution in [0.15, 0.2) is 24.5 Å². The summed E-state index contributed by atoms with van der Waals surface area (Å²) in [5.74, 6) is -1.14. The maximum atomic E-state index is 12.8. The van der Waals surface area contributed by atoms with Crippen LogP contribution in [0.25, 0.3) is 0 Å².